The van der Waals surface area contributed by atoms with E-state index in [2.05, 4.69) is 10.7 Å². The summed E-state index contributed by atoms with van der Waals surface area (Å²) in [6.07, 6.45) is -0.928. The van der Waals surface area contributed by atoms with Crippen molar-refractivity contribution >= 4 is 0 Å². The van der Waals surface area contributed by atoms with Crippen LogP contribution in [-0.2, 0) is 4.84 Å². The highest BCUT2D eigenvalue weighted by atomic mass is 16.6. The van der Waals surface area contributed by atoms with E-state index >= 15 is 0 Å². The molecule has 0 saturated carbocycles. The highest BCUT2D eigenvalue weighted by Crippen LogP contribution is 2.06. The molecular weight excluding hydrogens is 122 g/mol. The Morgan fingerprint density at radius 3 is 2.22 bits per heavy atom. The maximum Gasteiger partial charge on any atom is 0.107 e. The Kier molecular flexibility index (Phi) is 3.07. The average Bonchev–Trinajstić information content (AvgIpc) is 1.64. The zero-order valence-electron chi connectivity index (χ0n) is 5.66. The lowest BCUT2D eigenvalue weighted by molar-refractivity contribution is -0.0864. The van der Waals surface area contributed by atoms with Crippen LogP contribution in [-0.4, -0.2) is 28.5 Å². The van der Waals surface area contributed by atoms with Crippen molar-refractivity contribution in [3.8, 4) is 0 Å². The van der Waals surface area contributed by atoms with Crippen LogP contribution < -0.4 is 5.90 Å². The maximum absolute atomic E-state index is 9.03. The molecule has 0 aliphatic heterocycles. The molecule has 0 heterocycles. The van der Waals surface area contributed by atoms with Gasteiger partial charge in [0.15, 0.2) is 0 Å². The quantitative estimate of drug-likeness (QED) is 0.434. The van der Waals surface area contributed by atoms with Crippen molar-refractivity contribution in [2.75, 3.05) is 6.61 Å². The minimum Gasteiger partial charge on any atom is -0.388 e. The monoisotopic (exact) mass is 135 g/mol. The predicted octanol–water partition coefficient (Wildman–Crippen LogP) is -0.992. The lowest BCUT2D eigenvalue weighted by Gasteiger charge is -2.22. The molecule has 4 nitrogen and oxygen atoms in total. The molecular formula is C5H13NO3. The maximum atomic E-state index is 9.03. The molecule has 0 rings (SSSR count). The average molecular weight is 135 g/mol. The molecule has 1 unspecified atom stereocenters. The third-order valence-electron chi connectivity index (χ3n) is 1.07. The van der Waals surface area contributed by atoms with Crippen LogP contribution in [0.25, 0.3) is 0 Å². The van der Waals surface area contributed by atoms with Crippen LogP contribution in [0.15, 0.2) is 0 Å². The second-order valence-corrected chi connectivity index (χ2v) is 2.50. The Labute approximate surface area is 54.2 Å². The van der Waals surface area contributed by atoms with Crippen molar-refractivity contribution in [2.24, 2.45) is 5.90 Å². The summed E-state index contributed by atoms with van der Waals surface area (Å²) in [4.78, 5) is 4.12. The minimum atomic E-state index is -1.14. The number of hydrogen-bond acceptors (Lipinski definition) is 4. The first-order valence-electron chi connectivity index (χ1n) is 2.70. The molecule has 0 aromatic rings. The Morgan fingerprint density at radius 1 is 1.67 bits per heavy atom. The zero-order chi connectivity index (χ0) is 7.49. The number of hydrogen-bond donors (Lipinski definition) is 3. The Morgan fingerprint density at radius 2 is 2.11 bits per heavy atom. The molecule has 4 heteroatoms. The molecule has 0 spiro atoms. The fraction of sp³-hybridized carbons (Fsp3) is 1.00. The van der Waals surface area contributed by atoms with Gasteiger partial charge in [0.2, 0.25) is 0 Å². The van der Waals surface area contributed by atoms with Crippen molar-refractivity contribution < 1.29 is 15.1 Å². The number of aliphatic hydroxyl groups is 2. The van der Waals surface area contributed by atoms with Crippen molar-refractivity contribution in [3.63, 3.8) is 0 Å². The van der Waals surface area contributed by atoms with Gasteiger partial charge in [-0.3, -0.25) is 0 Å². The van der Waals surface area contributed by atoms with Crippen molar-refractivity contribution in [1.82, 2.24) is 0 Å². The summed E-state index contributed by atoms with van der Waals surface area (Å²) in [6, 6.07) is 0. The van der Waals surface area contributed by atoms with Gasteiger partial charge in [-0.05, 0) is 13.8 Å². The SMILES string of the molecule is CC(C)(O)C(O)CON. The summed E-state index contributed by atoms with van der Waals surface area (Å²) >= 11 is 0. The molecule has 9 heavy (non-hydrogen) atoms. The van der Waals surface area contributed by atoms with Gasteiger partial charge < -0.3 is 15.1 Å². The lowest BCUT2D eigenvalue weighted by atomic mass is 10.0. The Balaban J connectivity index is 3.59. The summed E-state index contributed by atoms with van der Waals surface area (Å²) in [5.74, 6) is 4.66. The molecule has 0 aliphatic rings. The topological polar surface area (TPSA) is 75.7 Å². The molecule has 4 N–H and O–H groups in total. The number of rotatable bonds is 3. The van der Waals surface area contributed by atoms with Gasteiger partial charge in [-0.25, -0.2) is 5.90 Å². The molecule has 0 fully saturated rings. The standard InChI is InChI=1S/C5H13NO3/c1-5(2,8)4(7)3-9-6/h4,7-8H,3,6H2,1-2H3. The van der Waals surface area contributed by atoms with Crippen LogP contribution in [0.4, 0.5) is 0 Å². The van der Waals surface area contributed by atoms with E-state index in [-0.39, 0.29) is 6.61 Å². The minimum absolute atomic E-state index is 0.0521. The fourth-order valence-electron chi connectivity index (χ4n) is 0.295. The molecule has 56 valence electrons. The molecule has 0 saturated heterocycles. The molecule has 0 aliphatic carbocycles. The Hall–Kier alpha value is -0.160. The highest BCUT2D eigenvalue weighted by Gasteiger charge is 2.23. The molecule has 0 aromatic heterocycles. The fourth-order valence-corrected chi connectivity index (χ4v) is 0.295. The second kappa shape index (κ2) is 3.12. The smallest absolute Gasteiger partial charge is 0.107 e. The van der Waals surface area contributed by atoms with Crippen LogP contribution in [0.3, 0.4) is 0 Å². The van der Waals surface area contributed by atoms with Crippen LogP contribution >= 0.6 is 0 Å². The summed E-state index contributed by atoms with van der Waals surface area (Å²) < 4.78 is 0. The van der Waals surface area contributed by atoms with Gasteiger partial charge in [-0.2, -0.15) is 0 Å². The lowest BCUT2D eigenvalue weighted by Crippen LogP contribution is -2.39. The van der Waals surface area contributed by atoms with Crippen LogP contribution in [0, 0.1) is 0 Å². The predicted molar refractivity (Wildman–Crippen MR) is 32.4 cm³/mol. The van der Waals surface area contributed by atoms with Crippen molar-refractivity contribution in [2.45, 2.75) is 25.6 Å². The summed E-state index contributed by atoms with van der Waals surface area (Å²) in [6.45, 7) is 2.91. The van der Waals surface area contributed by atoms with E-state index in [0.29, 0.717) is 0 Å². The zero-order valence-corrected chi connectivity index (χ0v) is 5.66. The highest BCUT2D eigenvalue weighted by molar-refractivity contribution is 4.74. The number of nitrogens with two attached hydrogens (primary N) is 1. The van der Waals surface area contributed by atoms with Gasteiger partial charge in [0, 0.05) is 0 Å². The van der Waals surface area contributed by atoms with E-state index in [1.807, 2.05) is 0 Å². The normalized spacial score (nSPS) is 15.7. The molecule has 0 radical (unpaired) electrons. The molecule has 0 amide bonds. The van der Waals surface area contributed by atoms with E-state index in [1.54, 1.807) is 0 Å². The van der Waals surface area contributed by atoms with Gasteiger partial charge >= 0.3 is 0 Å². The molecule has 0 bridgehead atoms. The van der Waals surface area contributed by atoms with Gasteiger partial charge in [0.1, 0.15) is 6.10 Å². The first-order chi connectivity index (χ1) is 3.98. The van der Waals surface area contributed by atoms with Crippen LogP contribution in [0.1, 0.15) is 13.8 Å². The van der Waals surface area contributed by atoms with E-state index in [1.165, 1.54) is 13.8 Å². The van der Waals surface area contributed by atoms with Gasteiger partial charge in [-0.15, -0.1) is 0 Å². The Bertz CT molecular complexity index is 78.8. The van der Waals surface area contributed by atoms with Crippen molar-refractivity contribution in [3.05, 3.63) is 0 Å². The largest absolute Gasteiger partial charge is 0.388 e. The van der Waals surface area contributed by atoms with Crippen LogP contribution in [0.5, 0.6) is 0 Å². The van der Waals surface area contributed by atoms with E-state index in [4.69, 9.17) is 10.2 Å². The van der Waals surface area contributed by atoms with E-state index in [9.17, 15) is 0 Å². The van der Waals surface area contributed by atoms with Gasteiger partial charge in [-0.1, -0.05) is 0 Å². The first-order valence-corrected chi connectivity index (χ1v) is 2.70. The van der Waals surface area contributed by atoms with Gasteiger partial charge in [0.05, 0.1) is 12.2 Å². The summed E-state index contributed by atoms with van der Waals surface area (Å²) in [7, 11) is 0. The summed E-state index contributed by atoms with van der Waals surface area (Å²) in [5, 5.41) is 18.0. The van der Waals surface area contributed by atoms with Crippen molar-refractivity contribution in [1.29, 1.82) is 0 Å². The van der Waals surface area contributed by atoms with E-state index < -0.39 is 11.7 Å². The molecule has 1 atom stereocenters. The first kappa shape index (κ1) is 8.84. The molecule has 0 aromatic carbocycles. The van der Waals surface area contributed by atoms with E-state index in [0.717, 1.165) is 0 Å². The number of aliphatic hydroxyl groups excluding tert-OH is 1. The van der Waals surface area contributed by atoms with Gasteiger partial charge in [0.25, 0.3) is 0 Å². The second-order valence-electron chi connectivity index (χ2n) is 2.50. The van der Waals surface area contributed by atoms with Crippen LogP contribution in [0.2, 0.25) is 0 Å². The third-order valence-corrected chi connectivity index (χ3v) is 1.07. The third kappa shape index (κ3) is 3.42. The summed E-state index contributed by atoms with van der Waals surface area (Å²) in [5.41, 5.74) is -1.14.